The van der Waals surface area contributed by atoms with Gasteiger partial charge in [-0.15, -0.1) is 10.2 Å². The topological polar surface area (TPSA) is 50.2 Å². The molecule has 5 heteroatoms. The molecule has 1 N–H and O–H groups in total. The molecule has 0 saturated heterocycles. The molecule has 1 aliphatic carbocycles. The molecule has 0 amide bonds. The molecule has 0 radical (unpaired) electrons. The van der Waals surface area contributed by atoms with Crippen molar-refractivity contribution in [2.75, 3.05) is 5.43 Å². The summed E-state index contributed by atoms with van der Waals surface area (Å²) < 4.78 is 0. The normalized spacial score (nSPS) is 16.2. The predicted octanol–water partition coefficient (Wildman–Crippen LogP) is 3.28. The fourth-order valence-corrected chi connectivity index (χ4v) is 2.32. The Hall–Kier alpha value is -1.94. The fourth-order valence-electron chi connectivity index (χ4n) is 2.22. The van der Waals surface area contributed by atoms with Crippen LogP contribution >= 0.6 is 11.6 Å². The number of hydrogen-bond donors (Lipinski definition) is 1. The van der Waals surface area contributed by atoms with Gasteiger partial charge in [-0.2, -0.15) is 5.10 Å². The van der Waals surface area contributed by atoms with Crippen LogP contribution in [0.2, 0.25) is 5.15 Å². The van der Waals surface area contributed by atoms with Crippen molar-refractivity contribution >= 4 is 23.1 Å². The number of fused-ring (bicyclic) bond motifs is 1. The van der Waals surface area contributed by atoms with E-state index in [2.05, 4.69) is 38.9 Å². The van der Waals surface area contributed by atoms with E-state index in [-0.39, 0.29) is 0 Å². The van der Waals surface area contributed by atoms with E-state index in [1.54, 1.807) is 12.1 Å². The third-order valence-corrected chi connectivity index (χ3v) is 3.33. The van der Waals surface area contributed by atoms with Crippen molar-refractivity contribution in [1.82, 2.24) is 10.2 Å². The van der Waals surface area contributed by atoms with Gasteiger partial charge in [0.25, 0.3) is 0 Å². The van der Waals surface area contributed by atoms with Crippen molar-refractivity contribution in [1.29, 1.82) is 0 Å². The van der Waals surface area contributed by atoms with Crippen molar-refractivity contribution in [3.8, 4) is 0 Å². The Morgan fingerprint density at radius 2 is 1.95 bits per heavy atom. The lowest BCUT2D eigenvalue weighted by Crippen LogP contribution is -2.13. The van der Waals surface area contributed by atoms with Gasteiger partial charge >= 0.3 is 0 Å². The average molecular weight is 273 g/mol. The first-order chi connectivity index (χ1) is 9.33. The minimum atomic E-state index is 0.376. The minimum Gasteiger partial charge on any atom is -0.260 e. The molecule has 3 rings (SSSR count). The molecule has 0 atom stereocenters. The van der Waals surface area contributed by atoms with Crippen LogP contribution in [-0.4, -0.2) is 15.9 Å². The number of nitrogens with one attached hydrogen (secondary N) is 1. The molecule has 0 bridgehead atoms. The lowest BCUT2D eigenvalue weighted by Gasteiger charge is -2.17. The summed E-state index contributed by atoms with van der Waals surface area (Å²) >= 11 is 5.69. The summed E-state index contributed by atoms with van der Waals surface area (Å²) in [5.74, 6) is 0.597. The van der Waals surface area contributed by atoms with E-state index < -0.39 is 0 Å². The molecule has 0 aliphatic heterocycles. The zero-order valence-electron chi connectivity index (χ0n) is 10.3. The summed E-state index contributed by atoms with van der Waals surface area (Å²) in [4.78, 5) is 0. The first-order valence-electron chi connectivity index (χ1n) is 6.23. The quantitative estimate of drug-likeness (QED) is 0.854. The molecule has 96 valence electrons. The number of aromatic nitrogens is 2. The summed E-state index contributed by atoms with van der Waals surface area (Å²) in [6.45, 7) is 0. The van der Waals surface area contributed by atoms with Crippen LogP contribution in [0.15, 0.2) is 41.5 Å². The highest BCUT2D eigenvalue weighted by Crippen LogP contribution is 2.21. The summed E-state index contributed by atoms with van der Waals surface area (Å²) in [6, 6.07) is 11.8. The molecule has 0 saturated carbocycles. The largest absolute Gasteiger partial charge is 0.260 e. The first kappa shape index (κ1) is 12.1. The van der Waals surface area contributed by atoms with Gasteiger partial charge in [-0.3, -0.25) is 5.43 Å². The van der Waals surface area contributed by atoms with Gasteiger partial charge in [-0.1, -0.05) is 35.9 Å². The van der Waals surface area contributed by atoms with Crippen molar-refractivity contribution in [3.63, 3.8) is 0 Å². The van der Waals surface area contributed by atoms with Gasteiger partial charge in [0, 0.05) is 5.56 Å². The maximum Gasteiger partial charge on any atom is 0.168 e. The Balaban J connectivity index is 1.83. The molecule has 1 aliphatic rings. The van der Waals surface area contributed by atoms with Crippen molar-refractivity contribution in [2.45, 2.75) is 19.3 Å². The third kappa shape index (κ3) is 2.74. The Labute approximate surface area is 116 Å². The minimum absolute atomic E-state index is 0.376. The van der Waals surface area contributed by atoms with E-state index in [9.17, 15) is 0 Å². The molecule has 1 aromatic carbocycles. The van der Waals surface area contributed by atoms with E-state index in [0.717, 1.165) is 25.0 Å². The van der Waals surface area contributed by atoms with E-state index in [1.165, 1.54) is 11.1 Å². The number of hydrazone groups is 1. The van der Waals surface area contributed by atoms with Gasteiger partial charge in [0.2, 0.25) is 0 Å². The van der Waals surface area contributed by atoms with Crippen LogP contribution in [0.25, 0.3) is 0 Å². The fraction of sp³-hybridized carbons (Fsp3) is 0.214. The molecule has 1 aromatic heterocycles. The number of nitrogens with zero attached hydrogens (tertiary/aromatic N) is 3. The third-order valence-electron chi connectivity index (χ3n) is 3.13. The number of aryl methyl sites for hydroxylation is 1. The standard InChI is InChI=1S/C14H13ClN4/c15-13-8-9-14(19-17-13)18-16-12-7-3-5-10-4-1-2-6-11(10)12/h1-2,4,6,8-9H,3,5,7H2,(H,18,19)/b16-12-. The van der Waals surface area contributed by atoms with Crippen LogP contribution in [-0.2, 0) is 6.42 Å². The molecule has 4 nitrogen and oxygen atoms in total. The molecular weight excluding hydrogens is 260 g/mol. The molecule has 0 unspecified atom stereocenters. The smallest absolute Gasteiger partial charge is 0.168 e. The Morgan fingerprint density at radius 1 is 1.05 bits per heavy atom. The van der Waals surface area contributed by atoms with E-state index >= 15 is 0 Å². The second-order valence-electron chi connectivity index (χ2n) is 4.42. The van der Waals surface area contributed by atoms with Gasteiger partial charge in [-0.25, -0.2) is 0 Å². The van der Waals surface area contributed by atoms with Gasteiger partial charge in [0.05, 0.1) is 5.71 Å². The summed E-state index contributed by atoms with van der Waals surface area (Å²) in [6.07, 6.45) is 3.23. The average Bonchev–Trinajstić information content (AvgIpc) is 2.47. The second-order valence-corrected chi connectivity index (χ2v) is 4.81. The van der Waals surface area contributed by atoms with E-state index in [1.807, 2.05) is 6.07 Å². The number of hydrogen-bond acceptors (Lipinski definition) is 4. The lowest BCUT2D eigenvalue weighted by atomic mass is 9.90. The van der Waals surface area contributed by atoms with Crippen LogP contribution in [0.5, 0.6) is 0 Å². The lowest BCUT2D eigenvalue weighted by molar-refractivity contribution is 0.836. The molecule has 1 heterocycles. The maximum atomic E-state index is 5.69. The summed E-state index contributed by atoms with van der Waals surface area (Å²) in [5, 5.41) is 12.5. The van der Waals surface area contributed by atoms with Crippen LogP contribution in [0, 0.1) is 0 Å². The molecule has 0 fully saturated rings. The van der Waals surface area contributed by atoms with E-state index in [4.69, 9.17) is 11.6 Å². The highest BCUT2D eigenvalue weighted by atomic mass is 35.5. The van der Waals surface area contributed by atoms with Crippen LogP contribution in [0.3, 0.4) is 0 Å². The molecule has 2 aromatic rings. The number of benzene rings is 1. The molecule has 0 spiro atoms. The summed E-state index contributed by atoms with van der Waals surface area (Å²) in [5.41, 5.74) is 6.59. The highest BCUT2D eigenvalue weighted by molar-refractivity contribution is 6.29. The number of rotatable bonds is 2. The van der Waals surface area contributed by atoms with Crippen LogP contribution in [0.4, 0.5) is 5.82 Å². The van der Waals surface area contributed by atoms with Gasteiger partial charge in [0.1, 0.15) is 0 Å². The van der Waals surface area contributed by atoms with Crippen molar-refractivity contribution in [3.05, 3.63) is 52.7 Å². The van der Waals surface area contributed by atoms with Gasteiger partial charge in [0.15, 0.2) is 11.0 Å². The monoisotopic (exact) mass is 272 g/mol. The van der Waals surface area contributed by atoms with Gasteiger partial charge < -0.3 is 0 Å². The SMILES string of the molecule is Clc1ccc(N/N=C2/CCCc3ccccc32)nn1. The zero-order chi connectivity index (χ0) is 13.1. The molecular formula is C14H13ClN4. The first-order valence-corrected chi connectivity index (χ1v) is 6.61. The number of anilines is 1. The maximum absolute atomic E-state index is 5.69. The summed E-state index contributed by atoms with van der Waals surface area (Å²) in [7, 11) is 0. The molecule has 19 heavy (non-hydrogen) atoms. The van der Waals surface area contributed by atoms with Crippen molar-refractivity contribution in [2.24, 2.45) is 5.10 Å². The number of halogens is 1. The van der Waals surface area contributed by atoms with Crippen LogP contribution < -0.4 is 5.43 Å². The van der Waals surface area contributed by atoms with Crippen molar-refractivity contribution < 1.29 is 0 Å². The van der Waals surface area contributed by atoms with Crippen LogP contribution in [0.1, 0.15) is 24.0 Å². The Kier molecular flexibility index (Phi) is 3.42. The Morgan fingerprint density at radius 3 is 2.79 bits per heavy atom. The predicted molar refractivity (Wildman–Crippen MR) is 76.6 cm³/mol. The van der Waals surface area contributed by atoms with E-state index in [0.29, 0.717) is 11.0 Å². The zero-order valence-corrected chi connectivity index (χ0v) is 11.1. The Bertz CT molecular complexity index is 607. The highest BCUT2D eigenvalue weighted by Gasteiger charge is 2.14. The second kappa shape index (κ2) is 5.36. The van der Waals surface area contributed by atoms with Gasteiger partial charge in [-0.05, 0) is 37.0 Å².